The predicted molar refractivity (Wildman–Crippen MR) is 95.0 cm³/mol. The Hall–Kier alpha value is -2.24. The highest BCUT2D eigenvalue weighted by molar-refractivity contribution is 6.00. The molecule has 1 aromatic rings. The Bertz CT molecular complexity index is 659. The van der Waals surface area contributed by atoms with E-state index in [0.717, 1.165) is 18.7 Å². The van der Waals surface area contributed by atoms with Crippen LogP contribution in [-0.4, -0.2) is 50.1 Å². The van der Waals surface area contributed by atoms with Crippen LogP contribution in [0.1, 0.15) is 26.7 Å². The molecule has 0 radical (unpaired) electrons. The highest BCUT2D eigenvalue weighted by atomic mass is 16.6. The third kappa shape index (κ3) is 3.89. The number of hydrogen-bond acceptors (Lipinski definition) is 4. The summed E-state index contributed by atoms with van der Waals surface area (Å²) >= 11 is 0. The van der Waals surface area contributed by atoms with Crippen LogP contribution in [-0.2, 0) is 9.59 Å². The summed E-state index contributed by atoms with van der Waals surface area (Å²) < 4.78 is 11.1. The van der Waals surface area contributed by atoms with Gasteiger partial charge in [0, 0.05) is 38.3 Å². The molecule has 6 heteroatoms. The first-order chi connectivity index (χ1) is 12.0. The predicted octanol–water partition coefficient (Wildman–Crippen LogP) is 2.32. The van der Waals surface area contributed by atoms with Crippen LogP contribution in [0.4, 0.5) is 5.69 Å². The summed E-state index contributed by atoms with van der Waals surface area (Å²) in [5, 5.41) is 0. The quantitative estimate of drug-likeness (QED) is 0.821. The van der Waals surface area contributed by atoms with E-state index in [1.165, 1.54) is 0 Å². The lowest BCUT2D eigenvalue weighted by Gasteiger charge is -2.23. The summed E-state index contributed by atoms with van der Waals surface area (Å²) in [6, 6.07) is 5.49. The van der Waals surface area contributed by atoms with E-state index in [-0.39, 0.29) is 24.2 Å². The lowest BCUT2D eigenvalue weighted by molar-refractivity contribution is -0.134. The molecule has 1 unspecified atom stereocenters. The molecule has 136 valence electrons. The van der Waals surface area contributed by atoms with Crippen molar-refractivity contribution in [1.82, 2.24) is 4.90 Å². The van der Waals surface area contributed by atoms with Gasteiger partial charge < -0.3 is 19.3 Å². The van der Waals surface area contributed by atoms with Gasteiger partial charge in [-0.25, -0.2) is 0 Å². The number of amides is 2. The number of benzene rings is 1. The average molecular weight is 346 g/mol. The van der Waals surface area contributed by atoms with Crippen molar-refractivity contribution in [2.75, 3.05) is 38.3 Å². The molecule has 0 bridgehead atoms. The van der Waals surface area contributed by atoms with E-state index < -0.39 is 0 Å². The number of anilines is 1. The first-order valence-electron chi connectivity index (χ1n) is 8.90. The van der Waals surface area contributed by atoms with Gasteiger partial charge >= 0.3 is 0 Å². The average Bonchev–Trinajstić information content (AvgIpc) is 3.00. The maximum Gasteiger partial charge on any atom is 0.227 e. The maximum absolute atomic E-state index is 12.6. The fourth-order valence-electron chi connectivity index (χ4n) is 3.20. The Kier molecular flexibility index (Phi) is 5.16. The Morgan fingerprint density at radius 3 is 2.72 bits per heavy atom. The highest BCUT2D eigenvalue weighted by Gasteiger charge is 2.36. The second-order valence-electron chi connectivity index (χ2n) is 7.18. The molecule has 6 nitrogen and oxygen atoms in total. The Labute approximate surface area is 148 Å². The molecule has 0 saturated carbocycles. The fourth-order valence-corrected chi connectivity index (χ4v) is 3.20. The van der Waals surface area contributed by atoms with E-state index in [1.54, 1.807) is 9.80 Å². The van der Waals surface area contributed by atoms with Gasteiger partial charge in [-0.3, -0.25) is 9.59 Å². The van der Waals surface area contributed by atoms with Crippen LogP contribution in [0.2, 0.25) is 0 Å². The van der Waals surface area contributed by atoms with Crippen molar-refractivity contribution >= 4 is 17.5 Å². The molecular weight excluding hydrogens is 320 g/mol. The van der Waals surface area contributed by atoms with Crippen molar-refractivity contribution in [2.45, 2.75) is 26.7 Å². The number of carbonyl (C=O) groups excluding carboxylic acids is 2. The van der Waals surface area contributed by atoms with E-state index >= 15 is 0 Å². The highest BCUT2D eigenvalue weighted by Crippen LogP contribution is 2.36. The molecule has 2 aliphatic heterocycles. The van der Waals surface area contributed by atoms with Crippen molar-refractivity contribution in [1.29, 1.82) is 0 Å². The van der Waals surface area contributed by atoms with Crippen LogP contribution < -0.4 is 14.4 Å². The second kappa shape index (κ2) is 7.33. The fraction of sp³-hybridized carbons (Fsp3) is 0.579. The minimum Gasteiger partial charge on any atom is -0.486 e. The summed E-state index contributed by atoms with van der Waals surface area (Å²) in [4.78, 5) is 28.5. The van der Waals surface area contributed by atoms with Gasteiger partial charge in [0.1, 0.15) is 13.2 Å². The minimum absolute atomic E-state index is 0.0210. The van der Waals surface area contributed by atoms with Crippen molar-refractivity contribution in [3.63, 3.8) is 0 Å². The molecule has 25 heavy (non-hydrogen) atoms. The SMILES string of the molecule is CC(C)CCN(C)C(=O)C1CC(=O)N(c2ccc3c(c2)OCCO3)C1. The molecule has 3 rings (SSSR count). The van der Waals surface area contributed by atoms with Crippen molar-refractivity contribution < 1.29 is 19.1 Å². The smallest absolute Gasteiger partial charge is 0.227 e. The van der Waals surface area contributed by atoms with Gasteiger partial charge in [0.15, 0.2) is 11.5 Å². The molecule has 2 amide bonds. The third-order valence-electron chi connectivity index (χ3n) is 4.73. The molecule has 0 aromatic heterocycles. The first-order valence-corrected chi connectivity index (χ1v) is 8.90. The topological polar surface area (TPSA) is 59.1 Å². The molecule has 2 aliphatic rings. The van der Waals surface area contributed by atoms with Crippen LogP contribution in [0.5, 0.6) is 11.5 Å². The van der Waals surface area contributed by atoms with Gasteiger partial charge in [0.2, 0.25) is 11.8 Å². The van der Waals surface area contributed by atoms with Crippen molar-refractivity contribution in [3.8, 4) is 11.5 Å². The van der Waals surface area contributed by atoms with E-state index in [4.69, 9.17) is 9.47 Å². The number of carbonyl (C=O) groups is 2. The van der Waals surface area contributed by atoms with Gasteiger partial charge in [-0.1, -0.05) is 13.8 Å². The molecule has 1 aromatic carbocycles. The Morgan fingerprint density at radius 2 is 2.00 bits per heavy atom. The summed E-state index contributed by atoms with van der Waals surface area (Å²) in [6.07, 6.45) is 1.23. The molecular formula is C19H26N2O4. The van der Waals surface area contributed by atoms with E-state index in [0.29, 0.717) is 37.2 Å². The summed E-state index contributed by atoms with van der Waals surface area (Å²) in [5.41, 5.74) is 0.759. The van der Waals surface area contributed by atoms with Crippen LogP contribution in [0.3, 0.4) is 0 Å². The van der Waals surface area contributed by atoms with Crippen LogP contribution >= 0.6 is 0 Å². The van der Waals surface area contributed by atoms with Crippen LogP contribution in [0, 0.1) is 11.8 Å². The second-order valence-corrected chi connectivity index (χ2v) is 7.18. The number of hydrogen-bond donors (Lipinski definition) is 0. The van der Waals surface area contributed by atoms with Crippen LogP contribution in [0.15, 0.2) is 18.2 Å². The molecule has 0 N–H and O–H groups in total. The van der Waals surface area contributed by atoms with E-state index in [2.05, 4.69) is 13.8 Å². The summed E-state index contributed by atoms with van der Waals surface area (Å²) in [7, 11) is 1.82. The molecule has 0 aliphatic carbocycles. The van der Waals surface area contributed by atoms with Gasteiger partial charge in [-0.15, -0.1) is 0 Å². The molecule has 1 fully saturated rings. The van der Waals surface area contributed by atoms with Crippen LogP contribution in [0.25, 0.3) is 0 Å². The third-order valence-corrected chi connectivity index (χ3v) is 4.73. The first kappa shape index (κ1) is 17.6. The van der Waals surface area contributed by atoms with E-state index in [1.807, 2.05) is 25.2 Å². The monoisotopic (exact) mass is 346 g/mol. The van der Waals surface area contributed by atoms with Gasteiger partial charge in [0.05, 0.1) is 5.92 Å². The molecule has 2 heterocycles. The number of ether oxygens (including phenoxy) is 2. The summed E-state index contributed by atoms with van der Waals surface area (Å²) in [5.74, 6) is 1.65. The van der Waals surface area contributed by atoms with Gasteiger partial charge in [0.25, 0.3) is 0 Å². The lowest BCUT2D eigenvalue weighted by Crippen LogP contribution is -2.35. The number of rotatable bonds is 5. The number of fused-ring (bicyclic) bond motifs is 1. The Balaban J connectivity index is 1.67. The molecule has 1 saturated heterocycles. The standard InChI is InChI=1S/C19H26N2O4/c1-13(2)6-7-20(3)19(23)14-10-18(22)21(12-14)15-4-5-16-17(11-15)25-9-8-24-16/h4-5,11,13-14H,6-10,12H2,1-3H3. The zero-order valence-corrected chi connectivity index (χ0v) is 15.2. The zero-order valence-electron chi connectivity index (χ0n) is 15.2. The van der Waals surface area contributed by atoms with Gasteiger partial charge in [-0.2, -0.15) is 0 Å². The lowest BCUT2D eigenvalue weighted by atomic mass is 10.1. The normalized spacial score (nSPS) is 19.4. The Morgan fingerprint density at radius 1 is 1.28 bits per heavy atom. The van der Waals surface area contributed by atoms with Crippen molar-refractivity contribution in [3.05, 3.63) is 18.2 Å². The summed E-state index contributed by atoms with van der Waals surface area (Å²) in [6.45, 7) is 6.47. The van der Waals surface area contributed by atoms with E-state index in [9.17, 15) is 9.59 Å². The molecule has 0 spiro atoms. The largest absolute Gasteiger partial charge is 0.486 e. The maximum atomic E-state index is 12.6. The zero-order chi connectivity index (χ0) is 18.0. The molecule has 1 atom stereocenters. The van der Waals surface area contributed by atoms with Gasteiger partial charge in [-0.05, 0) is 24.5 Å². The van der Waals surface area contributed by atoms with Crippen molar-refractivity contribution in [2.24, 2.45) is 11.8 Å². The number of nitrogens with zero attached hydrogens (tertiary/aromatic N) is 2. The minimum atomic E-state index is -0.280.